The van der Waals surface area contributed by atoms with Crippen LogP contribution in [-0.4, -0.2) is 20.1 Å². The summed E-state index contributed by atoms with van der Waals surface area (Å²) in [6, 6.07) is 11.3. The maximum absolute atomic E-state index is 12.1. The molecular formula is C19H21NO3. The van der Waals surface area contributed by atoms with E-state index < -0.39 is 0 Å². The van der Waals surface area contributed by atoms with Gasteiger partial charge >= 0.3 is 0 Å². The van der Waals surface area contributed by atoms with Crippen LogP contribution in [0.2, 0.25) is 0 Å². The second kappa shape index (κ2) is 7.49. The van der Waals surface area contributed by atoms with E-state index in [0.29, 0.717) is 11.5 Å². The summed E-state index contributed by atoms with van der Waals surface area (Å²) < 4.78 is 10.5. The summed E-state index contributed by atoms with van der Waals surface area (Å²) in [5.74, 6) is 1.18. The Balaban J connectivity index is 2.14. The second-order valence-corrected chi connectivity index (χ2v) is 5.18. The standard InChI is InChI=1S/C19H21NO3/c1-13-6-5-7-17(14(13)2)20-19(21)11-9-15-8-10-16(22-3)12-18(15)23-4/h5-12H,1-4H3,(H,20,21). The molecule has 23 heavy (non-hydrogen) atoms. The first-order valence-corrected chi connectivity index (χ1v) is 7.32. The first-order valence-electron chi connectivity index (χ1n) is 7.32. The van der Waals surface area contributed by atoms with Crippen LogP contribution in [0.3, 0.4) is 0 Å². The van der Waals surface area contributed by atoms with Crippen LogP contribution in [0.1, 0.15) is 16.7 Å². The van der Waals surface area contributed by atoms with Crippen molar-refractivity contribution in [3.8, 4) is 11.5 Å². The van der Waals surface area contributed by atoms with E-state index in [0.717, 1.165) is 22.4 Å². The number of nitrogens with one attached hydrogen (secondary N) is 1. The fourth-order valence-electron chi connectivity index (χ4n) is 2.18. The molecule has 4 heteroatoms. The van der Waals surface area contributed by atoms with Gasteiger partial charge in [0.05, 0.1) is 14.2 Å². The SMILES string of the molecule is COc1ccc(C=CC(=O)Nc2cccc(C)c2C)c(OC)c1. The molecule has 0 spiro atoms. The van der Waals surface area contributed by atoms with Gasteiger partial charge in [0.25, 0.3) is 0 Å². The molecule has 0 aliphatic heterocycles. The average molecular weight is 311 g/mol. The smallest absolute Gasteiger partial charge is 0.248 e. The van der Waals surface area contributed by atoms with E-state index in [4.69, 9.17) is 9.47 Å². The molecule has 2 aromatic carbocycles. The van der Waals surface area contributed by atoms with Crippen LogP contribution in [0.4, 0.5) is 5.69 Å². The van der Waals surface area contributed by atoms with Crippen molar-refractivity contribution in [3.05, 3.63) is 59.2 Å². The molecule has 1 N–H and O–H groups in total. The van der Waals surface area contributed by atoms with Gasteiger partial charge < -0.3 is 14.8 Å². The number of hydrogen-bond acceptors (Lipinski definition) is 3. The molecule has 0 aliphatic carbocycles. The van der Waals surface area contributed by atoms with Crippen LogP contribution in [0.25, 0.3) is 6.08 Å². The van der Waals surface area contributed by atoms with Crippen molar-refractivity contribution in [1.82, 2.24) is 0 Å². The summed E-state index contributed by atoms with van der Waals surface area (Å²) in [5.41, 5.74) is 3.84. The lowest BCUT2D eigenvalue weighted by Gasteiger charge is -2.09. The Labute approximate surface area is 136 Å². The molecule has 0 unspecified atom stereocenters. The van der Waals surface area contributed by atoms with Gasteiger partial charge in [-0.15, -0.1) is 0 Å². The van der Waals surface area contributed by atoms with Crippen LogP contribution >= 0.6 is 0 Å². The summed E-state index contributed by atoms with van der Waals surface area (Å²) in [5, 5.41) is 2.89. The highest BCUT2D eigenvalue weighted by molar-refractivity contribution is 6.02. The van der Waals surface area contributed by atoms with Crippen molar-refractivity contribution in [2.24, 2.45) is 0 Å². The molecule has 2 rings (SSSR count). The van der Waals surface area contributed by atoms with Crippen molar-refractivity contribution >= 4 is 17.7 Å². The van der Waals surface area contributed by atoms with Crippen LogP contribution in [0, 0.1) is 13.8 Å². The van der Waals surface area contributed by atoms with Gasteiger partial charge in [-0.05, 0) is 49.2 Å². The van der Waals surface area contributed by atoms with Crippen molar-refractivity contribution in [2.75, 3.05) is 19.5 Å². The van der Waals surface area contributed by atoms with Gasteiger partial charge in [-0.3, -0.25) is 4.79 Å². The van der Waals surface area contributed by atoms with Crippen LogP contribution in [0.15, 0.2) is 42.5 Å². The molecule has 0 bridgehead atoms. The highest BCUT2D eigenvalue weighted by atomic mass is 16.5. The lowest BCUT2D eigenvalue weighted by molar-refractivity contribution is -0.111. The minimum absolute atomic E-state index is 0.184. The molecule has 1 amide bonds. The molecule has 0 radical (unpaired) electrons. The number of ether oxygens (including phenoxy) is 2. The molecule has 0 fully saturated rings. The molecule has 0 aliphatic rings. The number of benzene rings is 2. The number of amides is 1. The first-order chi connectivity index (χ1) is 11.0. The number of methoxy groups -OCH3 is 2. The van der Waals surface area contributed by atoms with E-state index in [9.17, 15) is 4.79 Å². The predicted octanol–water partition coefficient (Wildman–Crippen LogP) is 3.97. The Morgan fingerprint density at radius 1 is 1.09 bits per heavy atom. The van der Waals surface area contributed by atoms with Gasteiger partial charge in [-0.1, -0.05) is 12.1 Å². The maximum Gasteiger partial charge on any atom is 0.248 e. The fraction of sp³-hybridized carbons (Fsp3) is 0.211. The number of aryl methyl sites for hydroxylation is 1. The van der Waals surface area contributed by atoms with Crippen molar-refractivity contribution in [2.45, 2.75) is 13.8 Å². The van der Waals surface area contributed by atoms with E-state index in [1.807, 2.05) is 44.2 Å². The molecule has 0 saturated carbocycles. The number of rotatable bonds is 5. The number of carbonyl (C=O) groups is 1. The highest BCUT2D eigenvalue weighted by Crippen LogP contribution is 2.25. The fourth-order valence-corrected chi connectivity index (χ4v) is 2.18. The van der Waals surface area contributed by atoms with Crippen molar-refractivity contribution in [1.29, 1.82) is 0 Å². The van der Waals surface area contributed by atoms with E-state index in [1.54, 1.807) is 26.4 Å². The molecule has 0 heterocycles. The third-order valence-electron chi connectivity index (χ3n) is 3.72. The van der Waals surface area contributed by atoms with E-state index >= 15 is 0 Å². The number of anilines is 1. The van der Waals surface area contributed by atoms with Crippen molar-refractivity contribution < 1.29 is 14.3 Å². The van der Waals surface area contributed by atoms with Crippen molar-refractivity contribution in [3.63, 3.8) is 0 Å². The summed E-state index contributed by atoms with van der Waals surface area (Å²) >= 11 is 0. The van der Waals surface area contributed by atoms with E-state index in [1.165, 1.54) is 6.08 Å². The van der Waals surface area contributed by atoms with Crippen LogP contribution in [0.5, 0.6) is 11.5 Å². The van der Waals surface area contributed by atoms with Crippen LogP contribution in [-0.2, 0) is 4.79 Å². The second-order valence-electron chi connectivity index (χ2n) is 5.18. The maximum atomic E-state index is 12.1. The third-order valence-corrected chi connectivity index (χ3v) is 3.72. The Morgan fingerprint density at radius 2 is 1.87 bits per heavy atom. The number of hydrogen-bond donors (Lipinski definition) is 1. The normalized spacial score (nSPS) is 10.6. The molecule has 0 saturated heterocycles. The zero-order valence-corrected chi connectivity index (χ0v) is 13.8. The number of carbonyl (C=O) groups excluding carboxylic acids is 1. The molecule has 2 aromatic rings. The third kappa shape index (κ3) is 4.13. The first kappa shape index (κ1) is 16.6. The zero-order valence-electron chi connectivity index (χ0n) is 13.8. The minimum atomic E-state index is -0.184. The monoisotopic (exact) mass is 311 g/mol. The van der Waals surface area contributed by atoms with E-state index in [2.05, 4.69) is 5.32 Å². The topological polar surface area (TPSA) is 47.6 Å². The molecule has 120 valence electrons. The Bertz CT molecular complexity index is 735. The molecular weight excluding hydrogens is 290 g/mol. The Hall–Kier alpha value is -2.75. The van der Waals surface area contributed by atoms with Gasteiger partial charge in [0.1, 0.15) is 11.5 Å². The summed E-state index contributed by atoms with van der Waals surface area (Å²) in [6.07, 6.45) is 3.21. The van der Waals surface area contributed by atoms with Gasteiger partial charge in [0.15, 0.2) is 0 Å². The van der Waals surface area contributed by atoms with Gasteiger partial charge in [-0.25, -0.2) is 0 Å². The highest BCUT2D eigenvalue weighted by Gasteiger charge is 2.05. The van der Waals surface area contributed by atoms with Gasteiger partial charge in [0.2, 0.25) is 5.91 Å². The van der Waals surface area contributed by atoms with E-state index in [-0.39, 0.29) is 5.91 Å². The Kier molecular flexibility index (Phi) is 5.41. The van der Waals surface area contributed by atoms with Crippen LogP contribution < -0.4 is 14.8 Å². The quantitative estimate of drug-likeness (QED) is 0.850. The lowest BCUT2D eigenvalue weighted by atomic mass is 10.1. The van der Waals surface area contributed by atoms with Gasteiger partial charge in [0, 0.05) is 23.4 Å². The summed E-state index contributed by atoms with van der Waals surface area (Å²) in [7, 11) is 3.18. The molecule has 4 nitrogen and oxygen atoms in total. The minimum Gasteiger partial charge on any atom is -0.497 e. The summed E-state index contributed by atoms with van der Waals surface area (Å²) in [6.45, 7) is 4.00. The summed E-state index contributed by atoms with van der Waals surface area (Å²) in [4.78, 5) is 12.1. The molecule has 0 aromatic heterocycles. The predicted molar refractivity (Wildman–Crippen MR) is 93.1 cm³/mol. The zero-order chi connectivity index (χ0) is 16.8. The van der Waals surface area contributed by atoms with Gasteiger partial charge in [-0.2, -0.15) is 0 Å². The molecule has 0 atom stereocenters. The Morgan fingerprint density at radius 3 is 2.57 bits per heavy atom. The largest absolute Gasteiger partial charge is 0.497 e. The lowest BCUT2D eigenvalue weighted by Crippen LogP contribution is -2.09. The average Bonchev–Trinajstić information content (AvgIpc) is 2.57.